The molecule has 1 amide bonds. The van der Waals surface area contributed by atoms with E-state index in [9.17, 15) is 9.59 Å². The second-order valence-electron chi connectivity index (χ2n) is 5.55. The Bertz CT molecular complexity index is 721. The van der Waals surface area contributed by atoms with E-state index in [0.717, 1.165) is 25.0 Å². The van der Waals surface area contributed by atoms with Crippen molar-refractivity contribution in [1.82, 2.24) is 15.1 Å². The van der Waals surface area contributed by atoms with Crippen LogP contribution in [0.25, 0.3) is 0 Å². The van der Waals surface area contributed by atoms with Crippen LogP contribution in [-0.4, -0.2) is 34.9 Å². The van der Waals surface area contributed by atoms with Crippen LogP contribution in [0.4, 0.5) is 0 Å². The quantitative estimate of drug-likeness (QED) is 0.900. The molecule has 1 aliphatic rings. The average molecular weight is 313 g/mol. The van der Waals surface area contributed by atoms with E-state index in [1.54, 1.807) is 0 Å². The van der Waals surface area contributed by atoms with Gasteiger partial charge in [-0.05, 0) is 24.5 Å². The maximum Gasteiger partial charge on any atom is 0.271 e. The van der Waals surface area contributed by atoms with Crippen molar-refractivity contribution in [2.45, 2.75) is 25.5 Å². The molecule has 1 unspecified atom stereocenters. The van der Waals surface area contributed by atoms with Gasteiger partial charge in [0, 0.05) is 19.2 Å². The van der Waals surface area contributed by atoms with Crippen molar-refractivity contribution in [3.05, 3.63) is 64.1 Å². The highest BCUT2D eigenvalue weighted by molar-refractivity contribution is 5.92. The van der Waals surface area contributed by atoms with Crippen LogP contribution in [0.5, 0.6) is 0 Å². The van der Waals surface area contributed by atoms with E-state index in [1.807, 2.05) is 30.3 Å². The smallest absolute Gasteiger partial charge is 0.271 e. The molecule has 120 valence electrons. The minimum Gasteiger partial charge on any atom is -0.376 e. The molecule has 2 heterocycles. The van der Waals surface area contributed by atoms with E-state index in [4.69, 9.17) is 4.74 Å². The molecule has 0 saturated carbocycles. The predicted molar refractivity (Wildman–Crippen MR) is 85.3 cm³/mol. The molecule has 1 fully saturated rings. The van der Waals surface area contributed by atoms with E-state index >= 15 is 0 Å². The van der Waals surface area contributed by atoms with Crippen LogP contribution < -0.4 is 10.9 Å². The van der Waals surface area contributed by atoms with Crippen molar-refractivity contribution in [1.29, 1.82) is 0 Å². The average Bonchev–Trinajstić information content (AvgIpc) is 3.09. The van der Waals surface area contributed by atoms with E-state index < -0.39 is 0 Å². The fourth-order valence-corrected chi connectivity index (χ4v) is 2.54. The number of rotatable bonds is 5. The van der Waals surface area contributed by atoms with Crippen molar-refractivity contribution in [2.24, 2.45) is 0 Å². The molecular weight excluding hydrogens is 294 g/mol. The standard InChI is InChI=1S/C17H19N3O3/c21-16-9-8-15(17(22)18-11-14-7-4-10-23-14)19-20(16)12-13-5-2-1-3-6-13/h1-3,5-6,8-9,14H,4,7,10-12H2,(H,18,22). The second kappa shape index (κ2) is 7.19. The molecule has 0 aliphatic carbocycles. The summed E-state index contributed by atoms with van der Waals surface area (Å²) in [4.78, 5) is 24.1. The highest BCUT2D eigenvalue weighted by atomic mass is 16.5. The topological polar surface area (TPSA) is 73.2 Å². The fraction of sp³-hybridized carbons (Fsp3) is 0.353. The maximum absolute atomic E-state index is 12.2. The first-order valence-electron chi connectivity index (χ1n) is 7.74. The summed E-state index contributed by atoms with van der Waals surface area (Å²) < 4.78 is 6.77. The van der Waals surface area contributed by atoms with Gasteiger partial charge in [0.15, 0.2) is 0 Å². The molecular formula is C17H19N3O3. The van der Waals surface area contributed by atoms with Crippen molar-refractivity contribution >= 4 is 5.91 Å². The second-order valence-corrected chi connectivity index (χ2v) is 5.55. The molecule has 1 aromatic heterocycles. The van der Waals surface area contributed by atoms with Crippen LogP contribution in [0.1, 0.15) is 28.9 Å². The fourth-order valence-electron chi connectivity index (χ4n) is 2.54. The van der Waals surface area contributed by atoms with Crippen LogP contribution in [0.2, 0.25) is 0 Å². The maximum atomic E-state index is 12.2. The van der Waals surface area contributed by atoms with Gasteiger partial charge in [0.2, 0.25) is 0 Å². The Labute approximate surface area is 134 Å². The third-order valence-electron chi connectivity index (χ3n) is 3.79. The molecule has 3 rings (SSSR count). The molecule has 23 heavy (non-hydrogen) atoms. The van der Waals surface area contributed by atoms with E-state index in [2.05, 4.69) is 10.4 Å². The number of nitrogens with zero attached hydrogens (tertiary/aromatic N) is 2. The lowest BCUT2D eigenvalue weighted by Gasteiger charge is -2.11. The Kier molecular flexibility index (Phi) is 4.83. The Hall–Kier alpha value is -2.47. The molecule has 6 nitrogen and oxygen atoms in total. The number of amides is 1. The van der Waals surface area contributed by atoms with Crippen molar-refractivity contribution in [3.63, 3.8) is 0 Å². The van der Waals surface area contributed by atoms with Gasteiger partial charge >= 0.3 is 0 Å². The third-order valence-corrected chi connectivity index (χ3v) is 3.79. The molecule has 2 aromatic rings. The highest BCUT2D eigenvalue weighted by Crippen LogP contribution is 2.10. The summed E-state index contributed by atoms with van der Waals surface area (Å²) in [6.45, 7) is 1.56. The van der Waals surface area contributed by atoms with Gasteiger partial charge in [0.05, 0.1) is 12.6 Å². The van der Waals surface area contributed by atoms with Crippen LogP contribution >= 0.6 is 0 Å². The van der Waals surface area contributed by atoms with Gasteiger partial charge in [-0.25, -0.2) is 4.68 Å². The number of ether oxygens (including phenoxy) is 1. The van der Waals surface area contributed by atoms with E-state index in [0.29, 0.717) is 13.1 Å². The minimum atomic E-state index is -0.290. The molecule has 1 N–H and O–H groups in total. The Morgan fingerprint density at radius 3 is 2.83 bits per heavy atom. The first kappa shape index (κ1) is 15.4. The van der Waals surface area contributed by atoms with E-state index in [1.165, 1.54) is 16.8 Å². The monoisotopic (exact) mass is 313 g/mol. The summed E-state index contributed by atoms with van der Waals surface area (Å²) in [7, 11) is 0. The summed E-state index contributed by atoms with van der Waals surface area (Å²) >= 11 is 0. The van der Waals surface area contributed by atoms with Crippen LogP contribution in [0, 0.1) is 0 Å². The number of carbonyl (C=O) groups is 1. The zero-order valence-corrected chi connectivity index (χ0v) is 12.8. The van der Waals surface area contributed by atoms with Gasteiger partial charge in [-0.1, -0.05) is 30.3 Å². The highest BCUT2D eigenvalue weighted by Gasteiger charge is 2.17. The predicted octanol–water partition coefficient (Wildman–Crippen LogP) is 1.20. The SMILES string of the molecule is O=C(NCC1CCCO1)c1ccc(=O)n(Cc2ccccc2)n1. The van der Waals surface area contributed by atoms with Gasteiger partial charge in [-0.2, -0.15) is 5.10 Å². The van der Waals surface area contributed by atoms with Gasteiger partial charge in [-0.3, -0.25) is 9.59 Å². The van der Waals surface area contributed by atoms with Gasteiger partial charge < -0.3 is 10.1 Å². The molecule has 1 aromatic carbocycles. The van der Waals surface area contributed by atoms with Gasteiger partial charge in [0.25, 0.3) is 11.5 Å². The summed E-state index contributed by atoms with van der Waals surface area (Å²) in [5.74, 6) is -0.290. The molecule has 1 saturated heterocycles. The van der Waals surface area contributed by atoms with Crippen LogP contribution in [-0.2, 0) is 11.3 Å². The first-order valence-corrected chi connectivity index (χ1v) is 7.74. The Balaban J connectivity index is 1.69. The normalized spacial score (nSPS) is 17.1. The summed E-state index contributed by atoms with van der Waals surface area (Å²) in [5, 5.41) is 6.97. The molecule has 1 aliphatic heterocycles. The molecule has 0 bridgehead atoms. The molecule has 0 spiro atoms. The lowest BCUT2D eigenvalue weighted by Crippen LogP contribution is -2.34. The number of nitrogens with one attached hydrogen (secondary N) is 1. The third kappa shape index (κ3) is 4.04. The zero-order valence-electron chi connectivity index (χ0n) is 12.8. The molecule has 6 heteroatoms. The van der Waals surface area contributed by atoms with Crippen molar-refractivity contribution < 1.29 is 9.53 Å². The van der Waals surface area contributed by atoms with Crippen molar-refractivity contribution in [3.8, 4) is 0 Å². The number of hydrogen-bond donors (Lipinski definition) is 1. The first-order chi connectivity index (χ1) is 11.2. The largest absolute Gasteiger partial charge is 0.376 e. The number of hydrogen-bond acceptors (Lipinski definition) is 4. The summed E-state index contributed by atoms with van der Waals surface area (Å²) in [6.07, 6.45) is 2.07. The lowest BCUT2D eigenvalue weighted by atomic mass is 10.2. The number of carbonyl (C=O) groups excluding carboxylic acids is 1. The number of benzene rings is 1. The zero-order chi connectivity index (χ0) is 16.1. The Morgan fingerprint density at radius 1 is 1.26 bits per heavy atom. The summed E-state index contributed by atoms with van der Waals surface area (Å²) in [5.41, 5.74) is 0.960. The molecule has 0 radical (unpaired) electrons. The van der Waals surface area contributed by atoms with E-state index in [-0.39, 0.29) is 23.3 Å². The minimum absolute atomic E-state index is 0.0779. The van der Waals surface area contributed by atoms with Crippen LogP contribution in [0.3, 0.4) is 0 Å². The summed E-state index contributed by atoms with van der Waals surface area (Å²) in [6, 6.07) is 12.4. The number of aromatic nitrogens is 2. The molecule has 1 atom stereocenters. The lowest BCUT2D eigenvalue weighted by molar-refractivity contribution is 0.0851. The Morgan fingerprint density at radius 2 is 2.09 bits per heavy atom. The van der Waals surface area contributed by atoms with Crippen LogP contribution in [0.15, 0.2) is 47.3 Å². The van der Waals surface area contributed by atoms with Gasteiger partial charge in [-0.15, -0.1) is 0 Å². The van der Waals surface area contributed by atoms with Gasteiger partial charge in [0.1, 0.15) is 5.69 Å². The van der Waals surface area contributed by atoms with Crippen molar-refractivity contribution in [2.75, 3.05) is 13.2 Å².